The van der Waals surface area contributed by atoms with Gasteiger partial charge in [0.1, 0.15) is 12.4 Å². The summed E-state index contributed by atoms with van der Waals surface area (Å²) in [6.45, 7) is 3.16. The highest BCUT2D eigenvalue weighted by molar-refractivity contribution is 5.81. The van der Waals surface area contributed by atoms with Crippen LogP contribution >= 0.6 is 0 Å². The lowest BCUT2D eigenvalue weighted by Gasteiger charge is -2.04. The highest BCUT2D eigenvalue weighted by Gasteiger charge is 2.02. The van der Waals surface area contributed by atoms with Crippen molar-refractivity contribution >= 4 is 10.9 Å². The molecule has 0 spiro atoms. The van der Waals surface area contributed by atoms with E-state index in [2.05, 4.69) is 36.2 Å². The van der Waals surface area contributed by atoms with Gasteiger partial charge in [-0.1, -0.05) is 29.8 Å². The summed E-state index contributed by atoms with van der Waals surface area (Å²) in [5, 5.41) is 1.18. The topological polar surface area (TPSA) is 51.0 Å². The van der Waals surface area contributed by atoms with Crippen LogP contribution in [0.3, 0.4) is 0 Å². The molecule has 0 aliphatic heterocycles. The van der Waals surface area contributed by atoms with Gasteiger partial charge < -0.3 is 15.5 Å². The van der Waals surface area contributed by atoms with Crippen molar-refractivity contribution in [3.63, 3.8) is 0 Å². The first-order valence-electron chi connectivity index (χ1n) is 6.74. The van der Waals surface area contributed by atoms with Gasteiger partial charge in [-0.3, -0.25) is 0 Å². The standard InChI is InChI=1S/C17H18N2O/c1-12-2-6-16(7-3-12)20-11-15-9-14-5-4-13(10-18)8-17(14)19-15/h2-9,19H,10-11,18H2,1H3. The quantitative estimate of drug-likeness (QED) is 0.759. The molecular weight excluding hydrogens is 248 g/mol. The van der Waals surface area contributed by atoms with Crippen molar-refractivity contribution in [3.05, 3.63) is 65.4 Å². The summed E-state index contributed by atoms with van der Waals surface area (Å²) in [6, 6.07) is 16.4. The lowest BCUT2D eigenvalue weighted by atomic mass is 10.2. The molecule has 0 fully saturated rings. The molecule has 0 bridgehead atoms. The molecule has 3 heteroatoms. The molecule has 20 heavy (non-hydrogen) atoms. The van der Waals surface area contributed by atoms with Crippen LogP contribution in [-0.4, -0.2) is 4.98 Å². The predicted octanol–water partition coefficient (Wildman–Crippen LogP) is 3.51. The van der Waals surface area contributed by atoms with E-state index in [0.29, 0.717) is 13.2 Å². The SMILES string of the molecule is Cc1ccc(OCc2cc3ccc(CN)cc3[nH]2)cc1. The Labute approximate surface area is 118 Å². The summed E-state index contributed by atoms with van der Waals surface area (Å²) in [5.41, 5.74) is 10.2. The molecule has 0 atom stereocenters. The first kappa shape index (κ1) is 12.8. The number of benzene rings is 2. The van der Waals surface area contributed by atoms with Crippen molar-refractivity contribution in [2.75, 3.05) is 0 Å². The van der Waals surface area contributed by atoms with Crippen molar-refractivity contribution in [3.8, 4) is 5.75 Å². The Hall–Kier alpha value is -2.26. The molecule has 1 aromatic heterocycles. The molecule has 0 aliphatic carbocycles. The minimum absolute atomic E-state index is 0.537. The monoisotopic (exact) mass is 266 g/mol. The summed E-state index contributed by atoms with van der Waals surface area (Å²) in [6.07, 6.45) is 0. The summed E-state index contributed by atoms with van der Waals surface area (Å²) in [4.78, 5) is 3.37. The lowest BCUT2D eigenvalue weighted by Crippen LogP contribution is -1.96. The Bertz CT molecular complexity index is 713. The van der Waals surface area contributed by atoms with Gasteiger partial charge in [0.2, 0.25) is 0 Å². The molecule has 0 saturated heterocycles. The molecule has 2 aromatic carbocycles. The van der Waals surface area contributed by atoms with E-state index in [1.165, 1.54) is 10.9 Å². The van der Waals surface area contributed by atoms with Gasteiger partial charge in [-0.05, 0) is 42.1 Å². The van der Waals surface area contributed by atoms with Gasteiger partial charge in [0, 0.05) is 12.1 Å². The third-order valence-corrected chi connectivity index (χ3v) is 3.39. The van der Waals surface area contributed by atoms with Crippen LogP contribution in [0.1, 0.15) is 16.8 Å². The Morgan fingerprint density at radius 1 is 1.05 bits per heavy atom. The molecule has 0 radical (unpaired) electrons. The zero-order valence-electron chi connectivity index (χ0n) is 11.5. The van der Waals surface area contributed by atoms with Gasteiger partial charge in [-0.2, -0.15) is 0 Å². The maximum absolute atomic E-state index is 5.78. The van der Waals surface area contributed by atoms with Gasteiger partial charge in [-0.15, -0.1) is 0 Å². The number of aryl methyl sites for hydroxylation is 1. The molecule has 1 heterocycles. The third kappa shape index (κ3) is 2.68. The number of aromatic amines is 1. The lowest BCUT2D eigenvalue weighted by molar-refractivity contribution is 0.302. The van der Waals surface area contributed by atoms with E-state index >= 15 is 0 Å². The smallest absolute Gasteiger partial charge is 0.128 e. The fraction of sp³-hybridized carbons (Fsp3) is 0.176. The Morgan fingerprint density at radius 2 is 1.85 bits per heavy atom. The van der Waals surface area contributed by atoms with Crippen LogP contribution in [0.15, 0.2) is 48.5 Å². The first-order chi connectivity index (χ1) is 9.74. The number of aromatic nitrogens is 1. The summed E-state index contributed by atoms with van der Waals surface area (Å²) in [7, 11) is 0. The number of H-pyrrole nitrogens is 1. The van der Waals surface area contributed by atoms with E-state index in [4.69, 9.17) is 10.5 Å². The van der Waals surface area contributed by atoms with Crippen LogP contribution in [0, 0.1) is 6.92 Å². The molecule has 3 nitrogen and oxygen atoms in total. The molecule has 102 valence electrons. The minimum Gasteiger partial charge on any atom is -0.487 e. The maximum atomic E-state index is 5.78. The van der Waals surface area contributed by atoms with Crippen molar-refractivity contribution in [2.45, 2.75) is 20.1 Å². The summed E-state index contributed by atoms with van der Waals surface area (Å²) >= 11 is 0. The molecule has 0 saturated carbocycles. The molecular formula is C17H18N2O. The van der Waals surface area contributed by atoms with E-state index in [0.717, 1.165) is 22.5 Å². The number of nitrogens with one attached hydrogen (secondary N) is 1. The number of ether oxygens (including phenoxy) is 1. The predicted molar refractivity (Wildman–Crippen MR) is 81.7 cm³/mol. The van der Waals surface area contributed by atoms with Crippen LogP contribution in [0.2, 0.25) is 0 Å². The van der Waals surface area contributed by atoms with E-state index in [1.807, 2.05) is 24.3 Å². The van der Waals surface area contributed by atoms with E-state index in [-0.39, 0.29) is 0 Å². The van der Waals surface area contributed by atoms with Gasteiger partial charge in [0.25, 0.3) is 0 Å². The maximum Gasteiger partial charge on any atom is 0.128 e. The van der Waals surface area contributed by atoms with E-state index in [1.54, 1.807) is 0 Å². The minimum atomic E-state index is 0.537. The van der Waals surface area contributed by atoms with Crippen LogP contribution in [0.25, 0.3) is 10.9 Å². The number of hydrogen-bond acceptors (Lipinski definition) is 2. The van der Waals surface area contributed by atoms with Crippen LogP contribution in [0.4, 0.5) is 0 Å². The fourth-order valence-corrected chi connectivity index (χ4v) is 2.23. The Balaban J connectivity index is 1.75. The fourth-order valence-electron chi connectivity index (χ4n) is 2.23. The number of hydrogen-bond donors (Lipinski definition) is 2. The van der Waals surface area contributed by atoms with Gasteiger partial charge in [0.05, 0.1) is 5.69 Å². The van der Waals surface area contributed by atoms with Crippen LogP contribution in [-0.2, 0) is 13.2 Å². The van der Waals surface area contributed by atoms with Crippen molar-refractivity contribution < 1.29 is 4.74 Å². The zero-order valence-corrected chi connectivity index (χ0v) is 11.5. The highest BCUT2D eigenvalue weighted by atomic mass is 16.5. The second-order valence-electron chi connectivity index (χ2n) is 5.02. The van der Waals surface area contributed by atoms with Crippen LogP contribution < -0.4 is 10.5 Å². The van der Waals surface area contributed by atoms with Crippen molar-refractivity contribution in [1.29, 1.82) is 0 Å². The summed E-state index contributed by atoms with van der Waals surface area (Å²) < 4.78 is 5.78. The van der Waals surface area contributed by atoms with Gasteiger partial charge in [0.15, 0.2) is 0 Å². The molecule has 3 N–H and O–H groups in total. The molecule has 0 aliphatic rings. The number of fused-ring (bicyclic) bond motifs is 1. The molecule has 3 aromatic rings. The second-order valence-corrected chi connectivity index (χ2v) is 5.02. The average Bonchev–Trinajstić information content (AvgIpc) is 2.88. The van der Waals surface area contributed by atoms with E-state index in [9.17, 15) is 0 Å². The Morgan fingerprint density at radius 3 is 2.60 bits per heavy atom. The van der Waals surface area contributed by atoms with Gasteiger partial charge in [-0.25, -0.2) is 0 Å². The van der Waals surface area contributed by atoms with Gasteiger partial charge >= 0.3 is 0 Å². The van der Waals surface area contributed by atoms with Crippen LogP contribution in [0.5, 0.6) is 5.75 Å². The Kier molecular flexibility index (Phi) is 3.44. The van der Waals surface area contributed by atoms with Crippen molar-refractivity contribution in [1.82, 2.24) is 4.98 Å². The average molecular weight is 266 g/mol. The number of nitrogens with two attached hydrogens (primary N) is 1. The zero-order chi connectivity index (χ0) is 13.9. The molecule has 3 rings (SSSR count). The first-order valence-corrected chi connectivity index (χ1v) is 6.74. The van der Waals surface area contributed by atoms with E-state index < -0.39 is 0 Å². The number of rotatable bonds is 4. The third-order valence-electron chi connectivity index (χ3n) is 3.39. The molecule has 0 unspecified atom stereocenters. The van der Waals surface area contributed by atoms with Crippen molar-refractivity contribution in [2.24, 2.45) is 5.73 Å². The largest absolute Gasteiger partial charge is 0.487 e. The highest BCUT2D eigenvalue weighted by Crippen LogP contribution is 2.19. The second kappa shape index (κ2) is 5.39. The molecule has 0 amide bonds. The normalized spacial score (nSPS) is 10.9. The summed E-state index contributed by atoms with van der Waals surface area (Å²) in [5.74, 6) is 0.886.